The number of hydrogen-bond donors (Lipinski definition) is 1. The molecule has 0 saturated carbocycles. The molecule has 0 atom stereocenters. The van der Waals surface area contributed by atoms with Crippen LogP contribution in [0.15, 0.2) is 22.6 Å². The first-order valence-electron chi connectivity index (χ1n) is 7.11. The summed E-state index contributed by atoms with van der Waals surface area (Å²) in [5.74, 6) is 1.76. The Kier molecular flexibility index (Phi) is 4.56. The molecule has 0 saturated heterocycles. The Hall–Kier alpha value is -1.56. The van der Waals surface area contributed by atoms with Gasteiger partial charge in [0.05, 0.1) is 0 Å². The summed E-state index contributed by atoms with van der Waals surface area (Å²) in [5.41, 5.74) is 0.979. The molecule has 0 spiro atoms. The van der Waals surface area contributed by atoms with Crippen LogP contribution in [0.2, 0.25) is 0 Å². The molecule has 0 aliphatic heterocycles. The number of nitrogens with zero attached hydrogens (tertiary/aromatic N) is 4. The molecule has 2 rings (SSSR count). The van der Waals surface area contributed by atoms with Gasteiger partial charge in [-0.3, -0.25) is 0 Å². The maximum absolute atomic E-state index is 4.76. The summed E-state index contributed by atoms with van der Waals surface area (Å²) in [7, 11) is 1.99. The zero-order valence-corrected chi connectivity index (χ0v) is 14.4. The predicted molar refractivity (Wildman–Crippen MR) is 87.0 cm³/mol. The van der Waals surface area contributed by atoms with E-state index in [-0.39, 0.29) is 5.41 Å². The van der Waals surface area contributed by atoms with Crippen molar-refractivity contribution in [1.29, 1.82) is 0 Å². The number of aryl methyl sites for hydroxylation is 1. The van der Waals surface area contributed by atoms with Gasteiger partial charge in [0, 0.05) is 37.0 Å². The van der Waals surface area contributed by atoms with E-state index in [4.69, 9.17) is 4.98 Å². The largest absolute Gasteiger partial charge is 0.370 e. The standard InChI is InChI=1S/C15H23N5S/c1-7-16-11-10(2)12(19-13(18-11)15(3,4)5)21-14-17-8-9-20(14)6/h8-9H,7H2,1-6H3,(H,16,18,19). The minimum atomic E-state index is -0.0885. The van der Waals surface area contributed by atoms with Gasteiger partial charge in [0.15, 0.2) is 5.16 Å². The molecule has 0 radical (unpaired) electrons. The number of imidazole rings is 1. The number of anilines is 1. The van der Waals surface area contributed by atoms with Crippen LogP contribution < -0.4 is 5.32 Å². The average Bonchev–Trinajstić information content (AvgIpc) is 2.78. The highest BCUT2D eigenvalue weighted by Crippen LogP contribution is 2.32. The molecule has 6 heteroatoms. The normalized spacial score (nSPS) is 11.7. The molecular formula is C15H23N5S. The molecule has 2 heterocycles. The fourth-order valence-electron chi connectivity index (χ4n) is 1.81. The van der Waals surface area contributed by atoms with Crippen LogP contribution >= 0.6 is 11.8 Å². The van der Waals surface area contributed by atoms with Gasteiger partial charge in [-0.15, -0.1) is 0 Å². The van der Waals surface area contributed by atoms with Crippen molar-refractivity contribution < 1.29 is 0 Å². The van der Waals surface area contributed by atoms with Crippen molar-refractivity contribution in [1.82, 2.24) is 19.5 Å². The summed E-state index contributed by atoms with van der Waals surface area (Å²) in [6, 6.07) is 0. The SMILES string of the molecule is CCNc1nc(C(C)(C)C)nc(Sc2nccn2C)c1C. The Bertz CT molecular complexity index is 627. The van der Waals surface area contributed by atoms with Gasteiger partial charge < -0.3 is 9.88 Å². The third kappa shape index (κ3) is 3.56. The van der Waals surface area contributed by atoms with Crippen molar-refractivity contribution in [3.05, 3.63) is 23.8 Å². The number of hydrogen-bond acceptors (Lipinski definition) is 5. The van der Waals surface area contributed by atoms with Crippen LogP contribution in [0.1, 0.15) is 39.1 Å². The monoisotopic (exact) mass is 305 g/mol. The van der Waals surface area contributed by atoms with Gasteiger partial charge in [-0.25, -0.2) is 15.0 Å². The van der Waals surface area contributed by atoms with Crippen molar-refractivity contribution in [3.8, 4) is 0 Å². The molecule has 1 N–H and O–H groups in total. The van der Waals surface area contributed by atoms with Gasteiger partial charge in [-0.1, -0.05) is 20.8 Å². The Morgan fingerprint density at radius 2 is 2.00 bits per heavy atom. The van der Waals surface area contributed by atoms with Gasteiger partial charge in [0.2, 0.25) is 0 Å². The lowest BCUT2D eigenvalue weighted by molar-refractivity contribution is 0.538. The minimum absolute atomic E-state index is 0.0885. The van der Waals surface area contributed by atoms with E-state index in [9.17, 15) is 0 Å². The fraction of sp³-hybridized carbons (Fsp3) is 0.533. The third-order valence-electron chi connectivity index (χ3n) is 3.08. The van der Waals surface area contributed by atoms with E-state index in [1.165, 1.54) is 0 Å². The van der Waals surface area contributed by atoms with E-state index >= 15 is 0 Å². The summed E-state index contributed by atoms with van der Waals surface area (Å²) in [6.45, 7) is 11.3. The van der Waals surface area contributed by atoms with Crippen LogP contribution in [0.25, 0.3) is 0 Å². The van der Waals surface area contributed by atoms with Crippen molar-refractivity contribution in [3.63, 3.8) is 0 Å². The molecule has 114 valence electrons. The number of aromatic nitrogens is 4. The summed E-state index contributed by atoms with van der Waals surface area (Å²) in [6.07, 6.45) is 3.74. The zero-order valence-electron chi connectivity index (χ0n) is 13.6. The molecule has 2 aromatic heterocycles. The second-order valence-corrected chi connectivity index (χ2v) is 6.99. The van der Waals surface area contributed by atoms with E-state index in [1.54, 1.807) is 18.0 Å². The first-order valence-corrected chi connectivity index (χ1v) is 7.92. The predicted octanol–water partition coefficient (Wildman–Crippen LogP) is 3.40. The van der Waals surface area contributed by atoms with Crippen molar-refractivity contribution in [2.75, 3.05) is 11.9 Å². The second kappa shape index (κ2) is 6.05. The van der Waals surface area contributed by atoms with Crippen LogP contribution in [0, 0.1) is 6.92 Å². The molecule has 0 aliphatic rings. The summed E-state index contributed by atoms with van der Waals surface area (Å²) >= 11 is 1.58. The van der Waals surface area contributed by atoms with Crippen LogP contribution in [-0.2, 0) is 12.5 Å². The van der Waals surface area contributed by atoms with Gasteiger partial charge >= 0.3 is 0 Å². The van der Waals surface area contributed by atoms with Gasteiger partial charge in [0.1, 0.15) is 16.7 Å². The summed E-state index contributed by atoms with van der Waals surface area (Å²) < 4.78 is 2.00. The van der Waals surface area contributed by atoms with E-state index in [0.29, 0.717) is 0 Å². The molecule has 5 nitrogen and oxygen atoms in total. The molecule has 0 bridgehead atoms. The van der Waals surface area contributed by atoms with Gasteiger partial charge in [-0.2, -0.15) is 0 Å². The first-order chi connectivity index (χ1) is 9.82. The lowest BCUT2D eigenvalue weighted by Gasteiger charge is -2.20. The molecule has 0 aromatic carbocycles. The topological polar surface area (TPSA) is 55.6 Å². The van der Waals surface area contributed by atoms with E-state index in [0.717, 1.165) is 33.9 Å². The quantitative estimate of drug-likeness (QED) is 0.877. The molecule has 0 aliphatic carbocycles. The number of rotatable bonds is 4. The fourth-order valence-corrected chi connectivity index (χ4v) is 2.68. The summed E-state index contributed by atoms with van der Waals surface area (Å²) in [5, 5.41) is 5.22. The maximum Gasteiger partial charge on any atom is 0.174 e. The highest BCUT2D eigenvalue weighted by Gasteiger charge is 2.22. The Morgan fingerprint density at radius 1 is 1.29 bits per heavy atom. The third-order valence-corrected chi connectivity index (χ3v) is 4.25. The highest BCUT2D eigenvalue weighted by molar-refractivity contribution is 7.99. The summed E-state index contributed by atoms with van der Waals surface area (Å²) in [4.78, 5) is 13.8. The van der Waals surface area contributed by atoms with Crippen LogP contribution in [0.5, 0.6) is 0 Å². The molecular weight excluding hydrogens is 282 g/mol. The van der Waals surface area contributed by atoms with Crippen molar-refractivity contribution >= 4 is 17.6 Å². The smallest absolute Gasteiger partial charge is 0.174 e. The van der Waals surface area contributed by atoms with E-state index in [2.05, 4.69) is 49.9 Å². The molecule has 0 unspecified atom stereocenters. The first kappa shape index (κ1) is 15.8. The second-order valence-electron chi connectivity index (χ2n) is 6.03. The van der Waals surface area contributed by atoms with Crippen LogP contribution in [-0.4, -0.2) is 26.1 Å². The Morgan fingerprint density at radius 3 is 2.52 bits per heavy atom. The van der Waals surface area contributed by atoms with Crippen molar-refractivity contribution in [2.24, 2.45) is 7.05 Å². The molecule has 21 heavy (non-hydrogen) atoms. The van der Waals surface area contributed by atoms with Crippen molar-refractivity contribution in [2.45, 2.75) is 50.2 Å². The van der Waals surface area contributed by atoms with E-state index < -0.39 is 0 Å². The lowest BCUT2D eigenvalue weighted by Crippen LogP contribution is -2.19. The number of nitrogens with one attached hydrogen (secondary N) is 1. The molecule has 0 fully saturated rings. The highest BCUT2D eigenvalue weighted by atomic mass is 32.2. The zero-order chi connectivity index (χ0) is 15.6. The Labute approximate surface area is 130 Å². The lowest BCUT2D eigenvalue weighted by atomic mass is 9.95. The molecule has 2 aromatic rings. The average molecular weight is 305 g/mol. The molecule has 0 amide bonds. The Balaban J connectivity index is 2.48. The van der Waals surface area contributed by atoms with Crippen LogP contribution in [0.3, 0.4) is 0 Å². The van der Waals surface area contributed by atoms with Gasteiger partial charge in [-0.05, 0) is 25.6 Å². The van der Waals surface area contributed by atoms with Crippen LogP contribution in [0.4, 0.5) is 5.82 Å². The maximum atomic E-state index is 4.76. The van der Waals surface area contributed by atoms with Gasteiger partial charge in [0.25, 0.3) is 0 Å². The van der Waals surface area contributed by atoms with E-state index in [1.807, 2.05) is 17.8 Å². The minimum Gasteiger partial charge on any atom is -0.370 e.